The van der Waals surface area contributed by atoms with Crippen molar-refractivity contribution in [2.45, 2.75) is 13.0 Å². The van der Waals surface area contributed by atoms with Gasteiger partial charge in [0, 0.05) is 17.3 Å². The molecule has 2 aromatic heterocycles. The number of aromatic nitrogens is 3. The van der Waals surface area contributed by atoms with Gasteiger partial charge >= 0.3 is 6.61 Å². The van der Waals surface area contributed by atoms with Crippen molar-refractivity contribution in [3.63, 3.8) is 0 Å². The number of anilines is 1. The number of alkyl halides is 4. The van der Waals surface area contributed by atoms with E-state index in [0.29, 0.717) is 5.56 Å². The molecule has 4 rings (SSSR count). The third-order valence-electron chi connectivity index (χ3n) is 4.67. The van der Waals surface area contributed by atoms with Gasteiger partial charge in [0.15, 0.2) is 17.1 Å². The predicted octanol–water partition coefficient (Wildman–Crippen LogP) is 5.20. The zero-order chi connectivity index (χ0) is 23.5. The molecule has 0 aliphatic carbocycles. The lowest BCUT2D eigenvalue weighted by molar-refractivity contribution is -0.0512. The Hall–Kier alpha value is -4.15. The molecule has 0 aliphatic heterocycles. The molecule has 0 unspecified atom stereocenters. The van der Waals surface area contributed by atoms with Crippen LogP contribution in [-0.4, -0.2) is 34.2 Å². The number of ether oxygens (including phenoxy) is 2. The van der Waals surface area contributed by atoms with Gasteiger partial charge in [-0.1, -0.05) is 30.3 Å². The first-order valence-corrected chi connectivity index (χ1v) is 9.54. The summed E-state index contributed by atoms with van der Waals surface area (Å²) in [6.45, 7) is -3.05. The zero-order valence-electron chi connectivity index (χ0n) is 17.0. The molecule has 0 atom stereocenters. The lowest BCUT2D eigenvalue weighted by atomic mass is 10.1. The zero-order valence-corrected chi connectivity index (χ0v) is 17.0. The van der Waals surface area contributed by atoms with E-state index in [1.807, 2.05) is 0 Å². The normalized spacial score (nSPS) is 11.2. The molecule has 4 aromatic rings. The average Bonchev–Trinajstić information content (AvgIpc) is 3.23. The van der Waals surface area contributed by atoms with E-state index in [2.05, 4.69) is 20.1 Å². The third-order valence-corrected chi connectivity index (χ3v) is 4.67. The molecule has 2 heterocycles. The molecule has 0 aliphatic rings. The molecular weight excluding hydrogens is 444 g/mol. The van der Waals surface area contributed by atoms with E-state index in [1.54, 1.807) is 30.3 Å². The van der Waals surface area contributed by atoms with Crippen LogP contribution in [0.25, 0.3) is 16.9 Å². The lowest BCUT2D eigenvalue weighted by Crippen LogP contribution is -2.13. The van der Waals surface area contributed by atoms with Crippen molar-refractivity contribution in [1.29, 1.82) is 0 Å². The Bertz CT molecular complexity index is 1300. The molecule has 11 heteroatoms. The topological polar surface area (TPSA) is 77.8 Å². The summed E-state index contributed by atoms with van der Waals surface area (Å²) in [5, 5.41) is 6.46. The molecule has 33 heavy (non-hydrogen) atoms. The first-order chi connectivity index (χ1) is 15.9. The number of nitrogens with zero attached hydrogens (tertiary/aromatic N) is 3. The van der Waals surface area contributed by atoms with Crippen molar-refractivity contribution < 1.29 is 31.8 Å². The Kier molecular flexibility index (Phi) is 6.11. The van der Waals surface area contributed by atoms with Gasteiger partial charge in [-0.3, -0.25) is 4.79 Å². The maximum absolute atomic E-state index is 13.7. The van der Waals surface area contributed by atoms with Crippen molar-refractivity contribution in [3.8, 4) is 22.8 Å². The minimum absolute atomic E-state index is 0.0301. The van der Waals surface area contributed by atoms with E-state index >= 15 is 0 Å². The van der Waals surface area contributed by atoms with E-state index < -0.39 is 24.6 Å². The minimum atomic E-state index is -3.05. The van der Waals surface area contributed by atoms with Gasteiger partial charge in [0.25, 0.3) is 12.3 Å². The summed E-state index contributed by atoms with van der Waals surface area (Å²) in [5.41, 5.74) is 0.506. The number of halogens is 4. The average molecular weight is 460 g/mol. The highest BCUT2D eigenvalue weighted by molar-refractivity contribution is 6.08. The molecule has 2 aromatic carbocycles. The Morgan fingerprint density at radius 3 is 2.45 bits per heavy atom. The summed E-state index contributed by atoms with van der Waals surface area (Å²) < 4.78 is 62.7. The molecule has 0 radical (unpaired) electrons. The summed E-state index contributed by atoms with van der Waals surface area (Å²) in [6, 6.07) is 13.7. The van der Waals surface area contributed by atoms with Crippen molar-refractivity contribution >= 4 is 17.2 Å². The Morgan fingerprint density at radius 2 is 1.79 bits per heavy atom. The predicted molar refractivity (Wildman–Crippen MR) is 111 cm³/mol. The Balaban J connectivity index is 1.71. The highest BCUT2D eigenvalue weighted by Gasteiger charge is 2.22. The number of hydrogen-bond acceptors (Lipinski definition) is 5. The van der Waals surface area contributed by atoms with Crippen LogP contribution in [0.5, 0.6) is 11.5 Å². The maximum atomic E-state index is 13.7. The largest absolute Gasteiger partial charge is 0.493 e. The molecule has 0 bridgehead atoms. The van der Waals surface area contributed by atoms with E-state index in [9.17, 15) is 22.4 Å². The Morgan fingerprint density at radius 1 is 1.03 bits per heavy atom. The molecule has 0 spiro atoms. The lowest BCUT2D eigenvalue weighted by Gasteiger charge is -2.12. The summed E-state index contributed by atoms with van der Waals surface area (Å²) >= 11 is 0. The van der Waals surface area contributed by atoms with E-state index in [4.69, 9.17) is 4.74 Å². The number of benzene rings is 2. The molecule has 0 saturated carbocycles. The van der Waals surface area contributed by atoms with Gasteiger partial charge in [-0.05, 0) is 18.2 Å². The molecule has 1 amide bonds. The fraction of sp³-hybridized carbons (Fsp3) is 0.136. The highest BCUT2D eigenvalue weighted by Crippen LogP contribution is 2.32. The molecular formula is C22H16F4N4O3. The summed E-state index contributed by atoms with van der Waals surface area (Å²) in [5.74, 6) is -0.929. The fourth-order valence-electron chi connectivity index (χ4n) is 3.20. The second-order valence-corrected chi connectivity index (χ2v) is 6.72. The summed E-state index contributed by atoms with van der Waals surface area (Å²) in [7, 11) is 1.26. The molecule has 0 fully saturated rings. The molecule has 1 N–H and O–H groups in total. The monoisotopic (exact) mass is 460 g/mol. The molecule has 170 valence electrons. The van der Waals surface area contributed by atoms with Crippen LogP contribution >= 0.6 is 0 Å². The van der Waals surface area contributed by atoms with Crippen LogP contribution in [0.4, 0.5) is 23.2 Å². The van der Waals surface area contributed by atoms with Gasteiger partial charge in [0.05, 0.1) is 19.0 Å². The first-order valence-electron chi connectivity index (χ1n) is 9.54. The quantitative estimate of drug-likeness (QED) is 0.384. The van der Waals surface area contributed by atoms with Gasteiger partial charge in [-0.2, -0.15) is 13.9 Å². The number of rotatable bonds is 7. The number of nitrogens with one attached hydrogen (secondary N) is 1. The second kappa shape index (κ2) is 9.15. The molecule has 0 saturated heterocycles. The van der Waals surface area contributed by atoms with Crippen LogP contribution < -0.4 is 14.8 Å². The standard InChI is InChI=1S/C22H16F4N4O3/c1-32-18-9-13(7-8-17(18)33-22(25)26)28-21(31)14-11-27-30-16(19(23)24)10-15(29-20(14)30)12-5-3-2-4-6-12/h2-11,19,22H,1H3,(H,28,31). The van der Waals surface area contributed by atoms with E-state index in [0.717, 1.165) is 10.7 Å². The number of hydrogen-bond donors (Lipinski definition) is 1. The van der Waals surface area contributed by atoms with Gasteiger partial charge < -0.3 is 14.8 Å². The number of carbonyl (C=O) groups is 1. The van der Waals surface area contributed by atoms with Gasteiger partial charge in [-0.25, -0.2) is 18.3 Å². The summed E-state index contributed by atoms with van der Waals surface area (Å²) in [4.78, 5) is 17.3. The van der Waals surface area contributed by atoms with Crippen molar-refractivity contribution in [2.75, 3.05) is 12.4 Å². The van der Waals surface area contributed by atoms with Crippen molar-refractivity contribution in [3.05, 3.63) is 72.1 Å². The number of amides is 1. The first kappa shape index (κ1) is 22.1. The van der Waals surface area contributed by atoms with Crippen molar-refractivity contribution in [1.82, 2.24) is 14.6 Å². The summed E-state index contributed by atoms with van der Waals surface area (Å²) in [6.07, 6.45) is -1.73. The number of carbonyl (C=O) groups excluding carboxylic acids is 1. The smallest absolute Gasteiger partial charge is 0.387 e. The highest BCUT2D eigenvalue weighted by atomic mass is 19.3. The van der Waals surface area contributed by atoms with Crippen LogP contribution in [0, 0.1) is 0 Å². The maximum Gasteiger partial charge on any atom is 0.387 e. The third kappa shape index (κ3) is 4.56. The van der Waals surface area contributed by atoms with Crippen LogP contribution in [0.3, 0.4) is 0 Å². The van der Waals surface area contributed by atoms with E-state index in [1.165, 1.54) is 31.4 Å². The minimum Gasteiger partial charge on any atom is -0.493 e. The van der Waals surface area contributed by atoms with Crippen molar-refractivity contribution in [2.24, 2.45) is 0 Å². The van der Waals surface area contributed by atoms with Gasteiger partial charge in [0.1, 0.15) is 11.3 Å². The van der Waals surface area contributed by atoms with Gasteiger partial charge in [0.2, 0.25) is 0 Å². The number of fused-ring (bicyclic) bond motifs is 1. The fourth-order valence-corrected chi connectivity index (χ4v) is 3.20. The van der Waals surface area contributed by atoms with Crippen LogP contribution in [0.1, 0.15) is 22.5 Å². The Labute approximate surface area is 184 Å². The van der Waals surface area contributed by atoms with E-state index in [-0.39, 0.29) is 34.1 Å². The van der Waals surface area contributed by atoms with Crippen LogP contribution in [-0.2, 0) is 0 Å². The number of methoxy groups -OCH3 is 1. The van der Waals surface area contributed by atoms with Crippen LogP contribution in [0.15, 0.2) is 60.8 Å². The molecule has 7 nitrogen and oxygen atoms in total. The van der Waals surface area contributed by atoms with Crippen LogP contribution in [0.2, 0.25) is 0 Å². The second-order valence-electron chi connectivity index (χ2n) is 6.72. The van der Waals surface area contributed by atoms with Gasteiger partial charge in [-0.15, -0.1) is 0 Å². The SMILES string of the molecule is COc1cc(NC(=O)c2cnn3c(C(F)F)cc(-c4ccccc4)nc23)ccc1OC(F)F.